The van der Waals surface area contributed by atoms with Gasteiger partial charge in [0.25, 0.3) is 0 Å². The minimum absolute atomic E-state index is 0.227. The molecule has 0 saturated heterocycles. The van der Waals surface area contributed by atoms with Crippen molar-refractivity contribution in [3.8, 4) is 6.07 Å². The molecule has 0 amide bonds. The molecular weight excluding hydrogens is 486 g/mol. The van der Waals surface area contributed by atoms with E-state index in [0.717, 1.165) is 24.8 Å². The van der Waals surface area contributed by atoms with Gasteiger partial charge in [0.1, 0.15) is 0 Å². The van der Waals surface area contributed by atoms with Crippen molar-refractivity contribution in [3.05, 3.63) is 149 Å². The van der Waals surface area contributed by atoms with Crippen LogP contribution in [-0.2, 0) is 0 Å². The average Bonchev–Trinajstić information content (AvgIpc) is 3.53. The van der Waals surface area contributed by atoms with Gasteiger partial charge in [-0.25, -0.2) is 0 Å². The summed E-state index contributed by atoms with van der Waals surface area (Å²) in [5, 5.41) is 9.80. The fourth-order valence-corrected chi connectivity index (χ4v) is 7.61. The van der Waals surface area contributed by atoms with Gasteiger partial charge in [0.15, 0.2) is 0 Å². The molecular formula is C37H31N3. The van der Waals surface area contributed by atoms with Crippen molar-refractivity contribution in [2.24, 2.45) is 5.92 Å². The molecule has 6 aliphatic rings. The summed E-state index contributed by atoms with van der Waals surface area (Å²) in [7, 11) is 0. The first-order valence-electron chi connectivity index (χ1n) is 14.5. The van der Waals surface area contributed by atoms with Crippen LogP contribution in [0.1, 0.15) is 42.2 Å². The van der Waals surface area contributed by atoms with E-state index in [2.05, 4.69) is 137 Å². The molecule has 2 aromatic carbocycles. The van der Waals surface area contributed by atoms with E-state index in [0.29, 0.717) is 11.8 Å². The molecule has 5 atom stereocenters. The second-order valence-corrected chi connectivity index (χ2v) is 11.4. The molecule has 3 nitrogen and oxygen atoms in total. The smallest absolute Gasteiger partial charge is 0.0991 e. The molecule has 0 fully saturated rings. The highest BCUT2D eigenvalue weighted by molar-refractivity contribution is 5.80. The maximum atomic E-state index is 9.80. The minimum Gasteiger partial charge on any atom is -0.337 e. The van der Waals surface area contributed by atoms with Gasteiger partial charge >= 0.3 is 0 Å². The van der Waals surface area contributed by atoms with Crippen molar-refractivity contribution < 1.29 is 0 Å². The summed E-state index contributed by atoms with van der Waals surface area (Å²) in [6.07, 6.45) is 32.2. The number of nitriles is 1. The van der Waals surface area contributed by atoms with E-state index < -0.39 is 0 Å². The number of hydrogen-bond acceptors (Lipinski definition) is 3. The second kappa shape index (κ2) is 9.28. The van der Waals surface area contributed by atoms with E-state index in [1.165, 1.54) is 39.5 Å². The second-order valence-electron chi connectivity index (χ2n) is 11.4. The van der Waals surface area contributed by atoms with Gasteiger partial charge in [0, 0.05) is 40.5 Å². The highest BCUT2D eigenvalue weighted by atomic mass is 15.2. The highest BCUT2D eigenvalue weighted by Gasteiger charge is 2.41. The standard InChI is InChI=1S/C37H31N3/c38-24-26-10-1-2-13-29(26)25-11-9-12-27(22-25)40-36-19-8-5-16-32(36)33-21-20-28(23-37(33)40)39-34-17-6-3-14-30(34)31-15-4-7-18-35(31)39/h3-21,23,25,30,32,34,36H,1-2,22H2. The Morgan fingerprint density at radius 3 is 2.25 bits per heavy atom. The lowest BCUT2D eigenvalue weighted by molar-refractivity contribution is 0.658. The Morgan fingerprint density at radius 2 is 1.43 bits per heavy atom. The van der Waals surface area contributed by atoms with E-state index >= 15 is 0 Å². The zero-order chi connectivity index (χ0) is 26.6. The molecule has 3 heteroatoms. The number of benzene rings is 2. The van der Waals surface area contributed by atoms with Gasteiger partial charge in [-0.1, -0.05) is 97.2 Å². The largest absolute Gasteiger partial charge is 0.337 e. The van der Waals surface area contributed by atoms with E-state index in [-0.39, 0.29) is 18.0 Å². The van der Waals surface area contributed by atoms with Crippen molar-refractivity contribution in [1.82, 2.24) is 0 Å². The van der Waals surface area contributed by atoms with Crippen molar-refractivity contribution in [2.45, 2.75) is 43.2 Å². The number of hydrogen-bond donors (Lipinski definition) is 0. The topological polar surface area (TPSA) is 30.3 Å². The highest BCUT2D eigenvalue weighted by Crippen LogP contribution is 2.52. The van der Waals surface area contributed by atoms with Crippen LogP contribution in [0, 0.1) is 17.2 Å². The third-order valence-electron chi connectivity index (χ3n) is 9.35. The maximum absolute atomic E-state index is 9.80. The molecule has 0 saturated carbocycles. The SMILES string of the molecule is N#CC1=CCCC=C1C1C=CC=C(N2c3cc(N4c5ccccc5C5C=CC=CC54)ccc3C3C=CC=CC32)C1. The lowest BCUT2D eigenvalue weighted by atomic mass is 9.83. The fraction of sp³-hybridized carbons (Fsp3) is 0.216. The first-order valence-corrected chi connectivity index (χ1v) is 14.5. The van der Waals surface area contributed by atoms with Gasteiger partial charge in [-0.2, -0.15) is 5.26 Å². The lowest BCUT2D eigenvalue weighted by Gasteiger charge is -2.35. The predicted octanol–water partition coefficient (Wildman–Crippen LogP) is 8.44. The molecule has 5 unspecified atom stereocenters. The first kappa shape index (κ1) is 23.3. The minimum atomic E-state index is 0.227. The zero-order valence-corrected chi connectivity index (χ0v) is 22.4. The molecule has 2 heterocycles. The number of allylic oxidation sites excluding steroid dienone is 12. The Hall–Kier alpha value is -4.55. The fourth-order valence-electron chi connectivity index (χ4n) is 7.61. The van der Waals surface area contributed by atoms with Crippen molar-refractivity contribution in [1.29, 1.82) is 5.26 Å². The Morgan fingerprint density at radius 1 is 0.700 bits per heavy atom. The molecule has 40 heavy (non-hydrogen) atoms. The van der Waals surface area contributed by atoms with Crippen LogP contribution >= 0.6 is 0 Å². The lowest BCUT2D eigenvalue weighted by Crippen LogP contribution is -2.34. The van der Waals surface area contributed by atoms with E-state index in [1.807, 2.05) is 0 Å². The van der Waals surface area contributed by atoms with E-state index in [9.17, 15) is 5.26 Å². The van der Waals surface area contributed by atoms with Gasteiger partial charge in [-0.15, -0.1) is 0 Å². The third-order valence-corrected chi connectivity index (χ3v) is 9.35. The van der Waals surface area contributed by atoms with Crippen LogP contribution < -0.4 is 9.80 Å². The van der Waals surface area contributed by atoms with Crippen LogP contribution in [0.25, 0.3) is 0 Å². The van der Waals surface area contributed by atoms with Crippen molar-refractivity contribution >= 4 is 17.1 Å². The molecule has 4 aliphatic carbocycles. The van der Waals surface area contributed by atoms with Crippen LogP contribution in [0.3, 0.4) is 0 Å². The Kier molecular flexibility index (Phi) is 5.42. The van der Waals surface area contributed by atoms with Crippen molar-refractivity contribution in [2.75, 3.05) is 9.80 Å². The molecule has 0 aromatic heterocycles. The van der Waals surface area contributed by atoms with Crippen LogP contribution in [0.2, 0.25) is 0 Å². The van der Waals surface area contributed by atoms with E-state index in [1.54, 1.807) is 0 Å². The quantitative estimate of drug-likeness (QED) is 0.409. The van der Waals surface area contributed by atoms with Crippen LogP contribution in [0.5, 0.6) is 0 Å². The summed E-state index contributed by atoms with van der Waals surface area (Å²) < 4.78 is 0. The summed E-state index contributed by atoms with van der Waals surface area (Å²) in [4.78, 5) is 5.11. The Labute approximate surface area is 236 Å². The van der Waals surface area contributed by atoms with Gasteiger partial charge in [0.05, 0.1) is 23.7 Å². The molecule has 0 radical (unpaired) electrons. The molecule has 0 N–H and O–H groups in total. The van der Waals surface area contributed by atoms with Crippen LogP contribution in [0.15, 0.2) is 138 Å². The average molecular weight is 518 g/mol. The monoisotopic (exact) mass is 517 g/mol. The van der Waals surface area contributed by atoms with Crippen LogP contribution in [-0.4, -0.2) is 12.1 Å². The van der Waals surface area contributed by atoms with Crippen molar-refractivity contribution in [3.63, 3.8) is 0 Å². The van der Waals surface area contributed by atoms with Gasteiger partial charge in [0.2, 0.25) is 0 Å². The van der Waals surface area contributed by atoms with E-state index in [4.69, 9.17) is 0 Å². The van der Waals surface area contributed by atoms with Gasteiger partial charge in [-0.05, 0) is 60.2 Å². The first-order chi connectivity index (χ1) is 19.8. The number of rotatable bonds is 3. The third kappa shape index (κ3) is 3.49. The van der Waals surface area contributed by atoms with Gasteiger partial charge < -0.3 is 9.80 Å². The Bertz CT molecular complexity index is 1680. The summed E-state index contributed by atoms with van der Waals surface area (Å²) in [6, 6.07) is 19.0. The molecule has 194 valence electrons. The molecule has 0 bridgehead atoms. The summed E-state index contributed by atoms with van der Waals surface area (Å²) in [6.45, 7) is 0. The van der Waals surface area contributed by atoms with Gasteiger partial charge in [-0.3, -0.25) is 0 Å². The number of anilines is 3. The number of nitrogens with zero attached hydrogens (tertiary/aromatic N) is 3. The number of fused-ring (bicyclic) bond motifs is 6. The molecule has 2 aliphatic heterocycles. The Balaban J connectivity index is 1.20. The zero-order valence-electron chi connectivity index (χ0n) is 22.4. The van der Waals surface area contributed by atoms with Crippen LogP contribution in [0.4, 0.5) is 17.1 Å². The normalized spacial score (nSPS) is 28.8. The maximum Gasteiger partial charge on any atom is 0.0991 e. The molecule has 0 spiro atoms. The summed E-state index contributed by atoms with van der Waals surface area (Å²) in [5.74, 6) is 0.932. The summed E-state index contributed by atoms with van der Waals surface area (Å²) >= 11 is 0. The predicted molar refractivity (Wildman–Crippen MR) is 163 cm³/mol. The number of para-hydroxylation sites is 1. The molecule has 2 aromatic rings. The molecule has 8 rings (SSSR count). The summed E-state index contributed by atoms with van der Waals surface area (Å²) in [5.41, 5.74) is 9.99.